The Balaban J connectivity index is 0.000000322. The summed E-state index contributed by atoms with van der Waals surface area (Å²) in [6.45, 7) is 0. The van der Waals surface area contributed by atoms with Crippen molar-refractivity contribution in [1.82, 2.24) is 4.58 Å². The monoisotopic (exact) mass is 325 g/mol. The number of carboxylic acids is 1. The summed E-state index contributed by atoms with van der Waals surface area (Å²) in [7, 11) is 0. The number of para-hydroxylation sites is 2. The molecule has 23 heavy (non-hydrogen) atoms. The summed E-state index contributed by atoms with van der Waals surface area (Å²) < 4.78 is 33.4. The van der Waals surface area contributed by atoms with Crippen LogP contribution < -0.4 is 21.1 Å². The van der Waals surface area contributed by atoms with Gasteiger partial charge in [-0.3, -0.25) is 11.5 Å². The predicted octanol–water partition coefficient (Wildman–Crippen LogP) is 1.09. The molecule has 2 aromatic carbocycles. The third kappa shape index (κ3) is 5.70. The molecular formula is C15H14F3N3O2. The number of guanidine groups is 1. The molecule has 0 amide bonds. The van der Waals surface area contributed by atoms with E-state index in [1.165, 1.54) is 0 Å². The Morgan fingerprint density at radius 3 is 1.39 bits per heavy atom. The van der Waals surface area contributed by atoms with Gasteiger partial charge in [-0.05, 0) is 24.3 Å². The first-order chi connectivity index (χ1) is 10.7. The zero-order valence-electron chi connectivity index (χ0n) is 11.8. The molecule has 2 aromatic rings. The molecule has 0 heterocycles. The molecule has 0 radical (unpaired) electrons. The van der Waals surface area contributed by atoms with E-state index in [0.29, 0.717) is 0 Å². The number of hydrogen-bond acceptors (Lipinski definition) is 2. The van der Waals surface area contributed by atoms with Crippen molar-refractivity contribution in [3.8, 4) is 0 Å². The average molecular weight is 325 g/mol. The maximum atomic E-state index is 10.5. The van der Waals surface area contributed by atoms with Gasteiger partial charge in [-0.1, -0.05) is 36.4 Å². The van der Waals surface area contributed by atoms with Gasteiger partial charge in [0.1, 0.15) is 17.3 Å². The summed E-state index contributed by atoms with van der Waals surface area (Å²) in [6.07, 6.45) is -5.19. The summed E-state index contributed by atoms with van der Waals surface area (Å²) in [5, 5.41) is 8.78. The molecule has 2 rings (SSSR count). The van der Waals surface area contributed by atoms with Gasteiger partial charge in [0.05, 0.1) is 0 Å². The summed E-state index contributed by atoms with van der Waals surface area (Å²) >= 11 is 0. The van der Waals surface area contributed by atoms with Crippen LogP contribution in [-0.2, 0) is 4.79 Å². The van der Waals surface area contributed by atoms with Crippen molar-refractivity contribution in [3.05, 3.63) is 60.7 Å². The molecule has 0 fully saturated rings. The maximum Gasteiger partial charge on any atom is 0.430 e. The van der Waals surface area contributed by atoms with Gasteiger partial charge in [-0.15, -0.1) is 0 Å². The van der Waals surface area contributed by atoms with Crippen molar-refractivity contribution >= 4 is 23.3 Å². The smallest absolute Gasteiger partial charge is 0.430 e. The van der Waals surface area contributed by atoms with Crippen molar-refractivity contribution in [1.29, 1.82) is 0 Å². The Kier molecular flexibility index (Phi) is 6.13. The highest BCUT2D eigenvalue weighted by atomic mass is 19.4. The summed E-state index contributed by atoms with van der Waals surface area (Å²) in [6, 6.07) is 19.6. The van der Waals surface area contributed by atoms with E-state index in [9.17, 15) is 13.2 Å². The number of nitrogens with zero attached hydrogens (tertiary/aromatic N) is 1. The van der Waals surface area contributed by atoms with Gasteiger partial charge in [0.15, 0.2) is 0 Å². The molecule has 0 atom stereocenters. The van der Waals surface area contributed by atoms with Gasteiger partial charge in [0, 0.05) is 0 Å². The van der Waals surface area contributed by atoms with Crippen LogP contribution in [-0.4, -0.2) is 18.1 Å². The summed E-state index contributed by atoms with van der Waals surface area (Å²) in [4.78, 5) is 8.78. The first-order valence-electron chi connectivity index (χ1n) is 6.29. The molecule has 0 saturated heterocycles. The lowest BCUT2D eigenvalue weighted by atomic mass is 10.2. The molecule has 4 N–H and O–H groups in total. The minimum atomic E-state index is -5.19. The molecule has 0 saturated carbocycles. The standard InChI is InChI=1S/C13H13N3.C2HF3O2/c14-13(15)16(11-7-3-1-4-8-11)12-9-5-2-6-10-12;3-2(4,5)1(6)7/h1-10H,(H3,14,15);(H,6,7). The van der Waals surface area contributed by atoms with Crippen LogP contribution in [0.5, 0.6) is 0 Å². The third-order valence-corrected chi connectivity index (χ3v) is 2.52. The highest BCUT2D eigenvalue weighted by Crippen LogP contribution is 2.18. The Bertz CT molecular complexity index is 626. The quantitative estimate of drug-likeness (QED) is 0.491. The number of aliphatic carboxylic acids is 1. The van der Waals surface area contributed by atoms with Crippen molar-refractivity contribution in [3.63, 3.8) is 0 Å². The molecule has 0 aliphatic rings. The highest BCUT2D eigenvalue weighted by molar-refractivity contribution is 5.83. The Hall–Kier alpha value is -3.03. The maximum absolute atomic E-state index is 10.5. The zero-order chi connectivity index (χ0) is 17.5. The van der Waals surface area contributed by atoms with Crippen LogP contribution in [0.1, 0.15) is 0 Å². The number of carbonyl (C=O) groups is 1. The van der Waals surface area contributed by atoms with Gasteiger partial charge in [0.25, 0.3) is 0 Å². The van der Waals surface area contributed by atoms with Crippen LogP contribution in [0.3, 0.4) is 0 Å². The Morgan fingerprint density at radius 1 is 0.870 bits per heavy atom. The fourth-order valence-electron chi connectivity index (χ4n) is 1.60. The Labute approximate surface area is 130 Å². The highest BCUT2D eigenvalue weighted by Gasteiger charge is 2.28. The van der Waals surface area contributed by atoms with Crippen LogP contribution in [0.15, 0.2) is 60.7 Å². The molecule has 0 spiro atoms. The second-order valence-corrected chi connectivity index (χ2v) is 4.22. The van der Waals surface area contributed by atoms with Crippen molar-refractivity contribution in [2.24, 2.45) is 11.5 Å². The van der Waals surface area contributed by atoms with E-state index in [0.717, 1.165) is 11.4 Å². The van der Waals surface area contributed by atoms with E-state index in [-0.39, 0.29) is 5.96 Å². The van der Waals surface area contributed by atoms with Crippen molar-refractivity contribution in [2.45, 2.75) is 6.18 Å². The lowest BCUT2D eigenvalue weighted by molar-refractivity contribution is -0.344. The fourth-order valence-corrected chi connectivity index (χ4v) is 1.60. The van der Waals surface area contributed by atoms with Crippen molar-refractivity contribution < 1.29 is 23.1 Å². The van der Waals surface area contributed by atoms with Crippen LogP contribution in [0, 0.1) is 0 Å². The van der Waals surface area contributed by atoms with E-state index in [4.69, 9.17) is 21.4 Å². The minimum absolute atomic E-state index is 0.261. The second kappa shape index (κ2) is 7.83. The molecular weight excluding hydrogens is 311 g/mol. The molecule has 5 nitrogen and oxygen atoms in total. The van der Waals surface area contributed by atoms with E-state index < -0.39 is 12.1 Å². The van der Waals surface area contributed by atoms with Crippen LogP contribution in [0.2, 0.25) is 0 Å². The van der Waals surface area contributed by atoms with E-state index in [1.807, 2.05) is 60.7 Å². The third-order valence-electron chi connectivity index (χ3n) is 2.52. The van der Waals surface area contributed by atoms with Crippen LogP contribution in [0.4, 0.5) is 24.5 Å². The molecule has 0 aliphatic heterocycles. The first kappa shape index (κ1) is 18.0. The number of alkyl halides is 3. The van der Waals surface area contributed by atoms with E-state index in [2.05, 4.69) is 0 Å². The van der Waals surface area contributed by atoms with Gasteiger partial charge in [-0.2, -0.15) is 17.7 Å². The number of rotatable bonds is 2. The topological polar surface area (TPSA) is 95.2 Å². The predicted molar refractivity (Wildman–Crippen MR) is 78.8 cm³/mol. The molecule has 8 heteroatoms. The summed E-state index contributed by atoms with van der Waals surface area (Å²) in [5.74, 6) is -2.75. The molecule has 0 aliphatic carbocycles. The lowest BCUT2D eigenvalue weighted by Gasteiger charge is -2.08. The molecule has 0 bridgehead atoms. The van der Waals surface area contributed by atoms with Crippen molar-refractivity contribution in [2.75, 3.05) is 0 Å². The molecule has 0 unspecified atom stereocenters. The average Bonchev–Trinajstić information content (AvgIpc) is 2.49. The van der Waals surface area contributed by atoms with Crippen LogP contribution >= 0.6 is 0 Å². The normalized spacial score (nSPS) is 10.2. The number of hydrogen-bond donors (Lipinski definition) is 2. The Morgan fingerprint density at radius 2 is 1.17 bits per heavy atom. The number of nitrogens with two attached hydrogens (primary N) is 2. The zero-order valence-corrected chi connectivity index (χ0v) is 11.8. The van der Waals surface area contributed by atoms with Gasteiger partial charge in [0.2, 0.25) is 0 Å². The first-order valence-corrected chi connectivity index (χ1v) is 6.29. The summed E-state index contributed by atoms with van der Waals surface area (Å²) in [5.41, 5.74) is 13.3. The number of carbonyl (C=O) groups excluding carboxylic acids is 1. The van der Waals surface area contributed by atoms with E-state index >= 15 is 0 Å². The number of benzene rings is 2. The largest absolute Gasteiger partial charge is 0.542 e. The minimum Gasteiger partial charge on any atom is -0.542 e. The van der Waals surface area contributed by atoms with Gasteiger partial charge >= 0.3 is 12.1 Å². The second-order valence-electron chi connectivity index (χ2n) is 4.22. The number of carboxylic acid groups (broad SMARTS) is 1. The number of halogens is 3. The van der Waals surface area contributed by atoms with Gasteiger partial charge in [-0.25, -0.2) is 0 Å². The van der Waals surface area contributed by atoms with E-state index in [1.54, 1.807) is 4.58 Å². The van der Waals surface area contributed by atoms with Crippen LogP contribution in [0.25, 0.3) is 0 Å². The lowest BCUT2D eigenvalue weighted by Crippen LogP contribution is -2.37. The van der Waals surface area contributed by atoms with Gasteiger partial charge < -0.3 is 9.90 Å². The SMILES string of the molecule is NC(N)=[N+](c1ccccc1)c1ccccc1.O=C([O-])C(F)(F)F. The molecule has 0 aromatic heterocycles. The molecule has 122 valence electrons. The fraction of sp³-hybridized carbons (Fsp3) is 0.0667.